The smallest absolute Gasteiger partial charge is 0.209 e. The van der Waals surface area contributed by atoms with Crippen LogP contribution >= 0.6 is 12.2 Å². The van der Waals surface area contributed by atoms with Gasteiger partial charge in [-0.25, -0.2) is 10.9 Å². The zero-order valence-corrected chi connectivity index (χ0v) is 4.90. The Morgan fingerprint density at radius 2 is 1.88 bits per heavy atom. The lowest BCUT2D eigenvalue weighted by molar-refractivity contribution is 0.646. The van der Waals surface area contributed by atoms with E-state index in [1.165, 1.54) is 0 Å². The lowest BCUT2D eigenvalue weighted by atomic mass is 10.9. The Morgan fingerprint density at radius 1 is 1.50 bits per heavy atom. The van der Waals surface area contributed by atoms with E-state index in [-0.39, 0.29) is 11.1 Å². The van der Waals surface area contributed by atoms with Gasteiger partial charge in [-0.2, -0.15) is 0 Å². The van der Waals surface area contributed by atoms with Crippen molar-refractivity contribution < 1.29 is 0 Å². The van der Waals surface area contributed by atoms with Gasteiger partial charge in [-0.1, -0.05) is 0 Å². The molecule has 0 aromatic rings. The van der Waals surface area contributed by atoms with Crippen molar-refractivity contribution in [2.45, 2.75) is 0 Å². The molecule has 0 fully saturated rings. The molecule has 0 saturated carbocycles. The lowest BCUT2D eigenvalue weighted by Crippen LogP contribution is -2.48. The SMILES string of the molecule is N=C(N)N(N)C(N)=S. The first kappa shape index (κ1) is 7.12. The molecule has 0 bridgehead atoms. The van der Waals surface area contributed by atoms with Crippen molar-refractivity contribution in [2.75, 3.05) is 0 Å². The molecule has 0 spiro atoms. The summed E-state index contributed by atoms with van der Waals surface area (Å²) in [4.78, 5) is 0. The van der Waals surface area contributed by atoms with Crippen molar-refractivity contribution in [3.05, 3.63) is 0 Å². The molecule has 0 rings (SSSR count). The fourth-order valence-corrected chi connectivity index (χ4v) is 0.217. The Balaban J connectivity index is 3.83. The number of thiocarbonyl (C=S) groups is 1. The van der Waals surface area contributed by atoms with Gasteiger partial charge in [-0.15, -0.1) is 0 Å². The van der Waals surface area contributed by atoms with Crippen molar-refractivity contribution in [1.29, 1.82) is 5.41 Å². The van der Waals surface area contributed by atoms with E-state index in [1.54, 1.807) is 0 Å². The van der Waals surface area contributed by atoms with Crippen molar-refractivity contribution in [1.82, 2.24) is 5.01 Å². The van der Waals surface area contributed by atoms with Gasteiger partial charge in [-0.05, 0) is 12.2 Å². The molecular weight excluding hydrogens is 126 g/mol. The molecule has 8 heavy (non-hydrogen) atoms. The van der Waals surface area contributed by atoms with Gasteiger partial charge >= 0.3 is 0 Å². The molecule has 0 aromatic carbocycles. The van der Waals surface area contributed by atoms with Gasteiger partial charge in [0.15, 0.2) is 5.11 Å². The summed E-state index contributed by atoms with van der Waals surface area (Å²) in [6.07, 6.45) is 0. The van der Waals surface area contributed by atoms with Crippen molar-refractivity contribution in [3.8, 4) is 0 Å². The quantitative estimate of drug-likeness (QED) is 0.104. The normalized spacial score (nSPS) is 8.12. The third kappa shape index (κ3) is 1.71. The maximum Gasteiger partial charge on any atom is 0.209 e. The fourth-order valence-electron chi connectivity index (χ4n) is 0.119. The predicted molar refractivity (Wildman–Crippen MR) is 34.7 cm³/mol. The van der Waals surface area contributed by atoms with E-state index in [1.807, 2.05) is 0 Å². The van der Waals surface area contributed by atoms with Crippen LogP contribution in [0.1, 0.15) is 0 Å². The molecular formula is C2H7N5S. The number of hydrazine groups is 1. The van der Waals surface area contributed by atoms with Crippen LogP contribution < -0.4 is 17.3 Å². The van der Waals surface area contributed by atoms with Crippen molar-refractivity contribution in [2.24, 2.45) is 17.3 Å². The molecule has 0 unspecified atom stereocenters. The summed E-state index contributed by atoms with van der Waals surface area (Å²) < 4.78 is 0. The molecule has 0 heterocycles. The maximum absolute atomic E-state index is 6.64. The highest BCUT2D eigenvalue weighted by molar-refractivity contribution is 7.80. The lowest BCUT2D eigenvalue weighted by Gasteiger charge is -2.11. The van der Waals surface area contributed by atoms with Crippen molar-refractivity contribution in [3.63, 3.8) is 0 Å². The van der Waals surface area contributed by atoms with Crippen LogP contribution in [-0.4, -0.2) is 16.1 Å². The Kier molecular flexibility index (Phi) is 2.17. The summed E-state index contributed by atoms with van der Waals surface area (Å²) >= 11 is 4.35. The van der Waals surface area contributed by atoms with Crippen LogP contribution in [0, 0.1) is 5.41 Å². The highest BCUT2D eigenvalue weighted by atomic mass is 32.1. The first-order valence-electron chi connectivity index (χ1n) is 1.74. The van der Waals surface area contributed by atoms with Crippen LogP contribution in [0.5, 0.6) is 0 Å². The second kappa shape index (κ2) is 2.43. The molecule has 0 saturated heterocycles. The Morgan fingerprint density at radius 3 is 1.88 bits per heavy atom. The number of guanidine groups is 1. The zero-order chi connectivity index (χ0) is 6.73. The van der Waals surface area contributed by atoms with Gasteiger partial charge < -0.3 is 11.5 Å². The molecule has 0 aliphatic heterocycles. The van der Waals surface area contributed by atoms with E-state index in [0.717, 1.165) is 0 Å². The Bertz CT molecular complexity index is 106. The fraction of sp³-hybridized carbons (Fsp3) is 0. The number of nitrogens with two attached hydrogens (primary N) is 3. The molecule has 6 heteroatoms. The van der Waals surface area contributed by atoms with Gasteiger partial charge in [-0.3, -0.25) is 5.41 Å². The van der Waals surface area contributed by atoms with Gasteiger partial charge in [0.1, 0.15) is 0 Å². The number of rotatable bonds is 0. The summed E-state index contributed by atoms with van der Waals surface area (Å²) in [7, 11) is 0. The van der Waals surface area contributed by atoms with Gasteiger partial charge in [0, 0.05) is 0 Å². The first-order chi connectivity index (χ1) is 3.55. The molecule has 0 atom stereocenters. The summed E-state index contributed by atoms with van der Waals surface area (Å²) in [6.45, 7) is 0. The third-order valence-electron chi connectivity index (χ3n) is 0.497. The molecule has 0 aromatic heterocycles. The average Bonchev–Trinajstić information content (AvgIpc) is 1.64. The van der Waals surface area contributed by atoms with E-state index in [0.29, 0.717) is 5.01 Å². The van der Waals surface area contributed by atoms with Gasteiger partial charge in [0.2, 0.25) is 5.96 Å². The molecule has 5 nitrogen and oxygen atoms in total. The van der Waals surface area contributed by atoms with Gasteiger partial charge in [0.05, 0.1) is 0 Å². The standard InChI is InChI=1S/C2H7N5S/c3-1(4)7(6)2(5)8/h6H2,(H3,3,4)(H2,5,8). The van der Waals surface area contributed by atoms with Crippen LogP contribution in [0.3, 0.4) is 0 Å². The monoisotopic (exact) mass is 133 g/mol. The number of nitrogens with one attached hydrogen (secondary N) is 1. The minimum Gasteiger partial charge on any atom is -0.375 e. The second-order valence-corrected chi connectivity index (χ2v) is 1.51. The van der Waals surface area contributed by atoms with Gasteiger partial charge in [0.25, 0.3) is 0 Å². The van der Waals surface area contributed by atoms with E-state index >= 15 is 0 Å². The maximum atomic E-state index is 6.64. The summed E-state index contributed by atoms with van der Waals surface area (Å²) in [6, 6.07) is 0. The highest BCUT2D eigenvalue weighted by Gasteiger charge is 1.99. The number of hydrogen-bond donors (Lipinski definition) is 4. The minimum absolute atomic E-state index is 0.113. The third-order valence-corrected chi connectivity index (χ3v) is 0.694. The van der Waals surface area contributed by atoms with Crippen LogP contribution in [0.25, 0.3) is 0 Å². The minimum atomic E-state index is -0.363. The molecule has 0 aliphatic carbocycles. The summed E-state index contributed by atoms with van der Waals surface area (Å²) in [5.41, 5.74) is 9.80. The Hall–Kier alpha value is -0.880. The number of hydrogen-bond acceptors (Lipinski definition) is 3. The van der Waals surface area contributed by atoms with E-state index in [4.69, 9.17) is 22.7 Å². The zero-order valence-electron chi connectivity index (χ0n) is 4.09. The molecule has 0 radical (unpaired) electrons. The second-order valence-electron chi connectivity index (χ2n) is 1.09. The van der Waals surface area contributed by atoms with Crippen LogP contribution in [0.4, 0.5) is 0 Å². The topological polar surface area (TPSA) is 105 Å². The van der Waals surface area contributed by atoms with E-state index in [2.05, 4.69) is 12.2 Å². The van der Waals surface area contributed by atoms with Crippen LogP contribution in [0.15, 0.2) is 0 Å². The molecule has 7 N–H and O–H groups in total. The van der Waals surface area contributed by atoms with E-state index in [9.17, 15) is 0 Å². The molecule has 0 aliphatic rings. The highest BCUT2D eigenvalue weighted by Crippen LogP contribution is 1.70. The first-order valence-corrected chi connectivity index (χ1v) is 2.15. The predicted octanol–water partition coefficient (Wildman–Crippen LogP) is -1.70. The molecule has 46 valence electrons. The van der Waals surface area contributed by atoms with Crippen molar-refractivity contribution >= 4 is 23.3 Å². The largest absolute Gasteiger partial charge is 0.375 e. The number of nitrogens with zero attached hydrogens (tertiary/aromatic N) is 1. The van der Waals surface area contributed by atoms with E-state index < -0.39 is 0 Å². The van der Waals surface area contributed by atoms with Crippen LogP contribution in [-0.2, 0) is 0 Å². The van der Waals surface area contributed by atoms with Crippen LogP contribution in [0.2, 0.25) is 0 Å². The Labute approximate surface area is 51.9 Å². The molecule has 0 amide bonds. The average molecular weight is 133 g/mol. The summed E-state index contributed by atoms with van der Waals surface area (Å²) in [5.74, 6) is 4.61. The summed E-state index contributed by atoms with van der Waals surface area (Å²) in [5, 5.41) is 7.23.